The monoisotopic (exact) mass is 322 g/mol. The van der Waals surface area contributed by atoms with Gasteiger partial charge in [-0.25, -0.2) is 9.97 Å². The zero-order valence-electron chi connectivity index (χ0n) is 13.1. The van der Waals surface area contributed by atoms with Crippen molar-refractivity contribution in [3.63, 3.8) is 0 Å². The van der Waals surface area contributed by atoms with Crippen molar-refractivity contribution in [2.45, 2.75) is 37.8 Å². The lowest BCUT2D eigenvalue weighted by Crippen LogP contribution is -2.26. The molecule has 1 fully saturated rings. The highest BCUT2D eigenvalue weighted by molar-refractivity contribution is 5.89. The summed E-state index contributed by atoms with van der Waals surface area (Å²) >= 11 is 0. The molecular formula is C17H18N6O. The van der Waals surface area contributed by atoms with Crippen LogP contribution in [0.25, 0.3) is 22.3 Å². The minimum absolute atomic E-state index is 0.0788. The summed E-state index contributed by atoms with van der Waals surface area (Å²) < 4.78 is 1.82. The van der Waals surface area contributed by atoms with Gasteiger partial charge in [0.05, 0.1) is 36.5 Å². The minimum Gasteiger partial charge on any atom is -0.393 e. The number of aliphatic hydroxyl groups excluding tert-OH is 1. The Morgan fingerprint density at radius 1 is 1.42 bits per heavy atom. The van der Waals surface area contributed by atoms with E-state index in [0.29, 0.717) is 6.42 Å². The van der Waals surface area contributed by atoms with E-state index in [4.69, 9.17) is 0 Å². The number of nitriles is 1. The molecule has 0 unspecified atom stereocenters. The summed E-state index contributed by atoms with van der Waals surface area (Å²) in [7, 11) is 0. The Balaban J connectivity index is 1.70. The number of aromatic amines is 1. The molecule has 3 heterocycles. The molecule has 7 nitrogen and oxygen atoms in total. The number of hydrogen-bond acceptors (Lipinski definition) is 5. The molecule has 0 amide bonds. The van der Waals surface area contributed by atoms with Gasteiger partial charge >= 0.3 is 0 Å². The third kappa shape index (κ3) is 2.45. The predicted molar refractivity (Wildman–Crippen MR) is 87.7 cm³/mol. The summed E-state index contributed by atoms with van der Waals surface area (Å²) in [5, 5.41) is 24.8. The van der Waals surface area contributed by atoms with Crippen LogP contribution in [0, 0.1) is 17.2 Å². The quantitative estimate of drug-likeness (QED) is 0.768. The molecule has 0 aliphatic heterocycles. The Morgan fingerprint density at radius 3 is 3.12 bits per heavy atom. The predicted octanol–water partition coefficient (Wildman–Crippen LogP) is 2.44. The van der Waals surface area contributed by atoms with Crippen LogP contribution in [0.2, 0.25) is 0 Å². The van der Waals surface area contributed by atoms with Crippen LogP contribution >= 0.6 is 0 Å². The summed E-state index contributed by atoms with van der Waals surface area (Å²) in [6.45, 7) is 0. The van der Waals surface area contributed by atoms with Gasteiger partial charge in [-0.05, 0) is 18.9 Å². The van der Waals surface area contributed by atoms with E-state index in [1.165, 1.54) is 6.33 Å². The van der Waals surface area contributed by atoms with Gasteiger partial charge in [-0.15, -0.1) is 0 Å². The van der Waals surface area contributed by atoms with Crippen LogP contribution in [0.3, 0.4) is 0 Å². The average molecular weight is 322 g/mol. The number of rotatable bonds is 4. The smallest absolute Gasteiger partial charge is 0.141 e. The van der Waals surface area contributed by atoms with Crippen LogP contribution in [0.1, 0.15) is 31.7 Å². The number of nitrogens with zero attached hydrogens (tertiary/aromatic N) is 5. The first-order valence-electron chi connectivity index (χ1n) is 8.15. The van der Waals surface area contributed by atoms with Crippen LogP contribution < -0.4 is 0 Å². The van der Waals surface area contributed by atoms with Crippen molar-refractivity contribution in [1.82, 2.24) is 24.7 Å². The van der Waals surface area contributed by atoms with E-state index in [1.54, 1.807) is 6.20 Å². The Morgan fingerprint density at radius 2 is 2.33 bits per heavy atom. The molecule has 3 aromatic heterocycles. The van der Waals surface area contributed by atoms with Crippen LogP contribution in [-0.4, -0.2) is 35.9 Å². The number of aromatic nitrogens is 5. The van der Waals surface area contributed by atoms with Gasteiger partial charge in [0.2, 0.25) is 0 Å². The van der Waals surface area contributed by atoms with E-state index in [9.17, 15) is 10.4 Å². The molecule has 4 rings (SSSR count). The number of aliphatic hydroxyl groups is 1. The summed E-state index contributed by atoms with van der Waals surface area (Å²) in [6.07, 6.45) is 9.76. The standard InChI is InChI=1S/C17H18N6O/c18-6-4-14(12-2-1-3-15(12)24)23-9-11(8-22-23)16-13-5-7-19-17(13)21-10-20-16/h5,7-10,12,14-15,24H,1-4H2,(H,19,20,21)/t12-,14-,15-/m1/s1. The van der Waals surface area contributed by atoms with Crippen LogP contribution in [0.15, 0.2) is 31.0 Å². The fourth-order valence-corrected chi connectivity index (χ4v) is 3.70. The maximum atomic E-state index is 10.2. The fraction of sp³-hybridized carbons (Fsp3) is 0.412. The third-order valence-corrected chi connectivity index (χ3v) is 4.89. The molecule has 1 aliphatic rings. The molecule has 0 saturated heterocycles. The lowest BCUT2D eigenvalue weighted by molar-refractivity contribution is 0.0977. The zero-order chi connectivity index (χ0) is 16.5. The Labute approximate surface area is 139 Å². The maximum absolute atomic E-state index is 10.2. The third-order valence-electron chi connectivity index (χ3n) is 4.89. The van der Waals surface area contributed by atoms with Crippen LogP contribution in [0.5, 0.6) is 0 Å². The second-order valence-corrected chi connectivity index (χ2v) is 6.26. The van der Waals surface area contributed by atoms with Crippen molar-refractivity contribution in [3.8, 4) is 17.3 Å². The molecule has 2 N–H and O–H groups in total. The van der Waals surface area contributed by atoms with Gasteiger partial charge in [0.25, 0.3) is 0 Å². The van der Waals surface area contributed by atoms with Gasteiger partial charge in [-0.1, -0.05) is 6.42 Å². The molecule has 1 saturated carbocycles. The normalized spacial score (nSPS) is 21.8. The first-order valence-corrected chi connectivity index (χ1v) is 8.15. The topological polar surface area (TPSA) is 103 Å². The molecule has 0 aromatic carbocycles. The van der Waals surface area contributed by atoms with Gasteiger partial charge in [0.1, 0.15) is 12.0 Å². The van der Waals surface area contributed by atoms with E-state index in [1.807, 2.05) is 23.1 Å². The average Bonchev–Trinajstić information content (AvgIpc) is 3.32. The largest absolute Gasteiger partial charge is 0.393 e. The Kier molecular flexibility index (Phi) is 3.75. The van der Waals surface area contributed by atoms with Gasteiger partial charge < -0.3 is 10.1 Å². The van der Waals surface area contributed by atoms with Crippen molar-refractivity contribution in [2.24, 2.45) is 5.92 Å². The lowest BCUT2D eigenvalue weighted by Gasteiger charge is -2.24. The Bertz CT molecular complexity index is 892. The first-order chi connectivity index (χ1) is 11.8. The highest BCUT2D eigenvalue weighted by atomic mass is 16.3. The maximum Gasteiger partial charge on any atom is 0.141 e. The second kappa shape index (κ2) is 6.06. The minimum atomic E-state index is -0.355. The Hall–Kier alpha value is -2.72. The first kappa shape index (κ1) is 14.8. The molecule has 7 heteroatoms. The SMILES string of the molecule is N#CC[C@H]([C@H]1CCC[C@H]1O)n1cc(-c2ncnc3[nH]ccc23)cn1. The van der Waals surface area contributed by atoms with E-state index in [2.05, 4.69) is 26.1 Å². The van der Waals surface area contributed by atoms with E-state index >= 15 is 0 Å². The fourth-order valence-electron chi connectivity index (χ4n) is 3.70. The van der Waals surface area contributed by atoms with E-state index in [0.717, 1.165) is 41.6 Å². The lowest BCUT2D eigenvalue weighted by atomic mass is 9.94. The summed E-state index contributed by atoms with van der Waals surface area (Å²) in [5.74, 6) is 0.0788. The van der Waals surface area contributed by atoms with Crippen LogP contribution in [-0.2, 0) is 0 Å². The molecule has 3 aromatic rings. The highest BCUT2D eigenvalue weighted by Crippen LogP contribution is 2.37. The van der Waals surface area contributed by atoms with Crippen molar-refractivity contribution in [1.29, 1.82) is 5.26 Å². The number of nitrogens with one attached hydrogen (secondary N) is 1. The molecule has 3 atom stereocenters. The van der Waals surface area contributed by atoms with E-state index < -0.39 is 0 Å². The van der Waals surface area contributed by atoms with Gasteiger partial charge in [0, 0.05) is 29.3 Å². The van der Waals surface area contributed by atoms with Gasteiger partial charge in [-0.3, -0.25) is 4.68 Å². The number of fused-ring (bicyclic) bond motifs is 1. The molecule has 1 aliphatic carbocycles. The second-order valence-electron chi connectivity index (χ2n) is 6.26. The summed E-state index contributed by atoms with van der Waals surface area (Å²) in [5.41, 5.74) is 2.49. The number of H-pyrrole nitrogens is 1. The van der Waals surface area contributed by atoms with Crippen molar-refractivity contribution in [2.75, 3.05) is 0 Å². The van der Waals surface area contributed by atoms with Gasteiger partial charge in [-0.2, -0.15) is 10.4 Å². The van der Waals surface area contributed by atoms with Gasteiger partial charge in [0.15, 0.2) is 0 Å². The molecule has 0 radical (unpaired) electrons. The van der Waals surface area contributed by atoms with Crippen molar-refractivity contribution < 1.29 is 5.11 Å². The molecule has 122 valence electrons. The summed E-state index contributed by atoms with van der Waals surface area (Å²) in [4.78, 5) is 11.7. The zero-order valence-corrected chi connectivity index (χ0v) is 13.1. The van der Waals surface area contributed by atoms with Crippen molar-refractivity contribution in [3.05, 3.63) is 31.0 Å². The summed E-state index contributed by atoms with van der Waals surface area (Å²) in [6, 6.07) is 4.07. The van der Waals surface area contributed by atoms with Crippen LogP contribution in [0.4, 0.5) is 0 Å². The van der Waals surface area contributed by atoms with E-state index in [-0.39, 0.29) is 18.1 Å². The highest BCUT2D eigenvalue weighted by Gasteiger charge is 2.34. The number of hydrogen-bond donors (Lipinski definition) is 2. The molecule has 24 heavy (non-hydrogen) atoms. The molecule has 0 bridgehead atoms. The molecule has 0 spiro atoms. The van der Waals surface area contributed by atoms with Crippen molar-refractivity contribution >= 4 is 11.0 Å². The molecular weight excluding hydrogens is 304 g/mol.